The van der Waals surface area contributed by atoms with Crippen LogP contribution in [0.25, 0.3) is 0 Å². The topological polar surface area (TPSA) is 242 Å². The lowest BCUT2D eigenvalue weighted by atomic mass is 10.0. The van der Waals surface area contributed by atoms with Crippen LogP contribution >= 0.6 is 15.6 Å². The van der Waals surface area contributed by atoms with Gasteiger partial charge < -0.3 is 35.2 Å². The van der Waals surface area contributed by atoms with Crippen LogP contribution in [0.2, 0.25) is 0 Å². The standard InChI is InChI=1S/C16H27N3O13P2/c1-7-5-19(16(23)18-14(7)22)12-4-10(20)11(30-12)6-28-33(24,25)32-34(26,27)31-15-13(21)9(17)3-8(2)29-15/h5,8-13,15,20-21H,3-4,6,17H2,1-2H3,(H,24,25)(H,26,27)(H,18,22,23)/t8?,9?,10?,11-,12-,13?,15-/m1/s1. The van der Waals surface area contributed by atoms with E-state index >= 15 is 0 Å². The number of phosphoric acid groups is 2. The van der Waals surface area contributed by atoms with Crippen LogP contribution in [0.3, 0.4) is 0 Å². The number of hydrogen-bond acceptors (Lipinski definition) is 12. The summed E-state index contributed by atoms with van der Waals surface area (Å²) in [6, 6.07) is -0.835. The molecule has 0 spiro atoms. The van der Waals surface area contributed by atoms with Crippen molar-refractivity contribution in [2.75, 3.05) is 6.61 Å². The first-order valence-corrected chi connectivity index (χ1v) is 13.1. The number of hydrogen-bond donors (Lipinski definition) is 6. The Morgan fingerprint density at radius 2 is 1.88 bits per heavy atom. The van der Waals surface area contributed by atoms with Crippen molar-refractivity contribution in [2.45, 2.75) is 69.7 Å². The molecule has 6 unspecified atom stereocenters. The van der Waals surface area contributed by atoms with Gasteiger partial charge in [0.15, 0.2) is 6.29 Å². The fraction of sp³-hybridized carbons (Fsp3) is 0.750. The first kappa shape index (κ1) is 27.3. The van der Waals surface area contributed by atoms with Crippen molar-refractivity contribution in [3.8, 4) is 0 Å². The van der Waals surface area contributed by atoms with Crippen LogP contribution in [0.1, 0.15) is 31.6 Å². The second kappa shape index (κ2) is 10.4. The first-order chi connectivity index (χ1) is 15.7. The maximum absolute atomic E-state index is 12.2. The van der Waals surface area contributed by atoms with Crippen molar-refractivity contribution in [3.63, 3.8) is 0 Å². The largest absolute Gasteiger partial charge is 0.483 e. The monoisotopic (exact) mass is 531 g/mol. The van der Waals surface area contributed by atoms with Crippen molar-refractivity contribution >= 4 is 15.6 Å². The van der Waals surface area contributed by atoms with Crippen LogP contribution in [-0.2, 0) is 32.0 Å². The first-order valence-electron chi connectivity index (χ1n) is 10.1. The normalized spacial score (nSPS) is 35.6. The van der Waals surface area contributed by atoms with E-state index in [4.69, 9.17) is 15.2 Å². The maximum Gasteiger partial charge on any atom is 0.483 e. The molecule has 34 heavy (non-hydrogen) atoms. The molecule has 1 aromatic rings. The highest BCUT2D eigenvalue weighted by Crippen LogP contribution is 2.61. The van der Waals surface area contributed by atoms with Gasteiger partial charge in [0.1, 0.15) is 18.4 Å². The Kier molecular flexibility index (Phi) is 8.35. The average molecular weight is 531 g/mol. The maximum atomic E-state index is 12.2. The van der Waals surface area contributed by atoms with Crippen molar-refractivity contribution in [2.24, 2.45) is 5.73 Å². The summed E-state index contributed by atoms with van der Waals surface area (Å²) in [6.07, 6.45) is -5.88. The molecule has 9 atom stereocenters. The molecule has 194 valence electrons. The zero-order valence-electron chi connectivity index (χ0n) is 18.1. The minimum absolute atomic E-state index is 0.118. The molecule has 0 saturated carbocycles. The third kappa shape index (κ3) is 6.69. The number of H-pyrrole nitrogens is 1. The predicted octanol–water partition coefficient (Wildman–Crippen LogP) is -1.43. The molecule has 0 aromatic carbocycles. The van der Waals surface area contributed by atoms with Gasteiger partial charge in [-0.1, -0.05) is 0 Å². The van der Waals surface area contributed by atoms with E-state index in [0.717, 1.165) is 4.57 Å². The quantitative estimate of drug-likeness (QED) is 0.211. The number of ether oxygens (including phenoxy) is 2. The molecule has 0 amide bonds. The van der Waals surface area contributed by atoms with Gasteiger partial charge in [0.2, 0.25) is 0 Å². The SMILES string of the molecule is Cc1cn([C@H]2CC(O)[C@@H](COP(=O)(O)OP(=O)(O)O[C@H]3OC(C)CC(N)C3O)O2)c(=O)[nH]c1=O. The summed E-state index contributed by atoms with van der Waals surface area (Å²) in [6.45, 7) is 2.27. The molecule has 18 heteroatoms. The zero-order valence-corrected chi connectivity index (χ0v) is 19.9. The number of aromatic amines is 1. The van der Waals surface area contributed by atoms with Gasteiger partial charge in [-0.05, 0) is 20.3 Å². The van der Waals surface area contributed by atoms with E-state index in [1.54, 1.807) is 6.92 Å². The molecular weight excluding hydrogens is 504 g/mol. The third-order valence-electron chi connectivity index (χ3n) is 5.19. The summed E-state index contributed by atoms with van der Waals surface area (Å²) >= 11 is 0. The van der Waals surface area contributed by atoms with Gasteiger partial charge in [-0.3, -0.25) is 23.4 Å². The second-order valence-electron chi connectivity index (χ2n) is 8.04. The lowest BCUT2D eigenvalue weighted by Gasteiger charge is -2.36. The molecule has 16 nitrogen and oxygen atoms in total. The Balaban J connectivity index is 1.58. The molecular formula is C16H27N3O13P2. The number of rotatable bonds is 8. The zero-order chi connectivity index (χ0) is 25.4. The highest BCUT2D eigenvalue weighted by Gasteiger charge is 2.44. The van der Waals surface area contributed by atoms with Gasteiger partial charge >= 0.3 is 21.3 Å². The van der Waals surface area contributed by atoms with Gasteiger partial charge in [0.05, 0.1) is 18.8 Å². The van der Waals surface area contributed by atoms with Gasteiger partial charge in [0, 0.05) is 24.2 Å². The average Bonchev–Trinajstić information content (AvgIpc) is 3.06. The number of aliphatic hydroxyl groups excluding tert-OH is 2. The summed E-state index contributed by atoms with van der Waals surface area (Å²) in [4.78, 5) is 45.2. The number of nitrogens with one attached hydrogen (secondary N) is 1. The lowest BCUT2D eigenvalue weighted by molar-refractivity contribution is -0.208. The fourth-order valence-corrected chi connectivity index (χ4v) is 5.64. The molecule has 3 rings (SSSR count). The summed E-state index contributed by atoms with van der Waals surface area (Å²) in [5.41, 5.74) is 4.53. The summed E-state index contributed by atoms with van der Waals surface area (Å²) in [5.74, 6) is 0. The second-order valence-corrected chi connectivity index (χ2v) is 11.0. The number of aromatic nitrogens is 2. The molecule has 0 radical (unpaired) electrons. The molecule has 2 fully saturated rings. The van der Waals surface area contributed by atoms with Gasteiger partial charge in [-0.15, -0.1) is 0 Å². The predicted molar refractivity (Wildman–Crippen MR) is 111 cm³/mol. The number of aliphatic hydroxyl groups is 2. The summed E-state index contributed by atoms with van der Waals surface area (Å²) < 4.78 is 49.5. The van der Waals surface area contributed by atoms with Gasteiger partial charge in [0.25, 0.3) is 5.56 Å². The van der Waals surface area contributed by atoms with E-state index < -0.39 is 76.5 Å². The van der Waals surface area contributed by atoms with E-state index in [9.17, 15) is 38.7 Å². The van der Waals surface area contributed by atoms with Crippen LogP contribution in [-0.4, -0.2) is 72.9 Å². The minimum atomic E-state index is -5.29. The van der Waals surface area contributed by atoms with Crippen LogP contribution in [0.4, 0.5) is 0 Å². The Hall–Kier alpha value is -1.26. The number of aryl methyl sites for hydroxylation is 1. The van der Waals surface area contributed by atoms with E-state index in [2.05, 4.69) is 18.3 Å². The molecule has 0 aliphatic carbocycles. The van der Waals surface area contributed by atoms with E-state index in [1.807, 2.05) is 0 Å². The van der Waals surface area contributed by atoms with E-state index in [1.165, 1.54) is 13.1 Å². The van der Waals surface area contributed by atoms with Gasteiger partial charge in [-0.2, -0.15) is 4.31 Å². The molecule has 0 bridgehead atoms. The third-order valence-corrected chi connectivity index (χ3v) is 7.79. The molecule has 1 aromatic heterocycles. The Morgan fingerprint density at radius 1 is 1.21 bits per heavy atom. The number of phosphoric ester groups is 2. The molecule has 2 aliphatic heterocycles. The van der Waals surface area contributed by atoms with Crippen molar-refractivity contribution < 1.29 is 52.0 Å². The highest BCUT2D eigenvalue weighted by atomic mass is 31.3. The summed E-state index contributed by atoms with van der Waals surface area (Å²) in [5, 5.41) is 20.1. The Bertz CT molecular complexity index is 1090. The Morgan fingerprint density at radius 3 is 2.56 bits per heavy atom. The fourth-order valence-electron chi connectivity index (χ4n) is 3.48. The van der Waals surface area contributed by atoms with Crippen molar-refractivity contribution in [1.82, 2.24) is 9.55 Å². The number of nitrogens with zero attached hydrogens (tertiary/aromatic N) is 1. The van der Waals surface area contributed by atoms with Crippen LogP contribution in [0.15, 0.2) is 15.8 Å². The van der Waals surface area contributed by atoms with Crippen molar-refractivity contribution in [1.29, 1.82) is 0 Å². The van der Waals surface area contributed by atoms with Crippen LogP contribution < -0.4 is 17.0 Å². The molecule has 2 saturated heterocycles. The van der Waals surface area contributed by atoms with E-state index in [0.29, 0.717) is 0 Å². The van der Waals surface area contributed by atoms with Crippen LogP contribution in [0, 0.1) is 6.92 Å². The van der Waals surface area contributed by atoms with Gasteiger partial charge in [-0.25, -0.2) is 13.9 Å². The van der Waals surface area contributed by atoms with Crippen LogP contribution in [0.5, 0.6) is 0 Å². The van der Waals surface area contributed by atoms with Crippen molar-refractivity contribution in [3.05, 3.63) is 32.6 Å². The van der Waals surface area contributed by atoms with E-state index in [-0.39, 0.29) is 18.4 Å². The molecule has 3 heterocycles. The molecule has 7 N–H and O–H groups in total. The Labute approximate surface area is 192 Å². The smallest absolute Gasteiger partial charge is 0.390 e. The highest BCUT2D eigenvalue weighted by molar-refractivity contribution is 7.61. The minimum Gasteiger partial charge on any atom is -0.390 e. The lowest BCUT2D eigenvalue weighted by Crippen LogP contribution is -2.52. The summed E-state index contributed by atoms with van der Waals surface area (Å²) in [7, 11) is -10.5. The number of nitrogens with two attached hydrogens (primary N) is 1. The molecule has 2 aliphatic rings.